The van der Waals surface area contributed by atoms with E-state index < -0.39 is 5.41 Å². The summed E-state index contributed by atoms with van der Waals surface area (Å²) in [5, 5.41) is 9.19. The number of aromatic nitrogens is 1. The number of esters is 1. The lowest BCUT2D eigenvalue weighted by atomic mass is 9.93. The van der Waals surface area contributed by atoms with E-state index in [0.717, 1.165) is 5.56 Å². The molecule has 0 radical (unpaired) electrons. The third kappa shape index (κ3) is 6.85. The van der Waals surface area contributed by atoms with Crippen molar-refractivity contribution in [1.82, 2.24) is 10.5 Å². The summed E-state index contributed by atoms with van der Waals surface area (Å²) in [4.78, 5) is 19.2. The first-order chi connectivity index (χ1) is 9.85. The molecule has 0 spiro atoms. The molecule has 0 aliphatic carbocycles. The minimum Gasteiger partial charge on any atom is -0.465 e. The van der Waals surface area contributed by atoms with Gasteiger partial charge in [0, 0.05) is 13.1 Å². The van der Waals surface area contributed by atoms with E-state index in [0.29, 0.717) is 5.82 Å². The number of rotatable bonds is 4. The highest BCUT2D eigenvalue weighted by Crippen LogP contribution is 2.20. The number of carbonyl (C=O) groups is 1. The molecule has 0 unspecified atom stereocenters. The first-order valence-corrected chi connectivity index (χ1v) is 6.90. The van der Waals surface area contributed by atoms with Gasteiger partial charge in [0.1, 0.15) is 12.4 Å². The maximum atomic E-state index is 10.8. The number of carbonyl (C=O) groups excluding carboxylic acids is 1. The van der Waals surface area contributed by atoms with Crippen molar-refractivity contribution in [3.63, 3.8) is 0 Å². The van der Waals surface area contributed by atoms with E-state index in [2.05, 4.69) is 9.98 Å². The van der Waals surface area contributed by atoms with Crippen LogP contribution in [0.5, 0.6) is 0 Å². The Kier molecular flexibility index (Phi) is 8.23. The van der Waals surface area contributed by atoms with E-state index >= 15 is 0 Å². The average Bonchev–Trinajstić information content (AvgIpc) is 2.46. The average molecular weight is 295 g/mol. The molecular formula is C15H25N3O3. The Hall–Kier alpha value is -1.95. The van der Waals surface area contributed by atoms with Crippen LogP contribution < -0.4 is 5.48 Å². The quantitative estimate of drug-likeness (QED) is 0.386. The highest BCUT2D eigenvalue weighted by Gasteiger charge is 2.27. The van der Waals surface area contributed by atoms with Crippen molar-refractivity contribution in [2.24, 2.45) is 10.4 Å². The Balaban J connectivity index is 0.00000191. The number of amidine groups is 1. The smallest absolute Gasteiger partial charge is 0.302 e. The van der Waals surface area contributed by atoms with Crippen LogP contribution in [0.25, 0.3) is 0 Å². The molecule has 6 nitrogen and oxygen atoms in total. The molecule has 0 bridgehead atoms. The summed E-state index contributed by atoms with van der Waals surface area (Å²) in [6, 6.07) is 3.62. The predicted molar refractivity (Wildman–Crippen MR) is 82.8 cm³/mol. The fraction of sp³-hybridized carbons (Fsp3) is 0.533. The molecule has 1 aromatic heterocycles. The zero-order valence-electron chi connectivity index (χ0n) is 13.6. The maximum Gasteiger partial charge on any atom is 0.302 e. The first-order valence-electron chi connectivity index (χ1n) is 6.90. The zero-order valence-corrected chi connectivity index (χ0v) is 13.6. The maximum absolute atomic E-state index is 10.8. The molecule has 0 saturated carbocycles. The van der Waals surface area contributed by atoms with Crippen LogP contribution in [0.1, 0.15) is 40.2 Å². The van der Waals surface area contributed by atoms with Crippen molar-refractivity contribution >= 4 is 17.6 Å². The van der Waals surface area contributed by atoms with Gasteiger partial charge in [0.05, 0.1) is 5.41 Å². The Morgan fingerprint density at radius 1 is 1.43 bits per heavy atom. The van der Waals surface area contributed by atoms with Gasteiger partial charge >= 0.3 is 5.97 Å². The van der Waals surface area contributed by atoms with Gasteiger partial charge < -0.3 is 4.74 Å². The van der Waals surface area contributed by atoms with Crippen LogP contribution in [-0.2, 0) is 9.53 Å². The Morgan fingerprint density at radius 3 is 2.48 bits per heavy atom. The van der Waals surface area contributed by atoms with Crippen LogP contribution in [-0.4, -0.2) is 28.6 Å². The number of hydroxylamine groups is 1. The Labute approximate surface area is 126 Å². The molecule has 0 aromatic carbocycles. The minimum atomic E-state index is -0.646. The molecule has 1 heterocycles. The lowest BCUT2D eigenvalue weighted by Gasteiger charge is -2.24. The third-order valence-electron chi connectivity index (χ3n) is 2.51. The number of ether oxygens (including phenoxy) is 1. The number of hydrogen-bond donors (Lipinski definition) is 2. The van der Waals surface area contributed by atoms with Crippen molar-refractivity contribution in [3.05, 3.63) is 23.9 Å². The fourth-order valence-corrected chi connectivity index (χ4v) is 1.32. The second kappa shape index (κ2) is 9.07. The molecule has 1 rings (SSSR count). The lowest BCUT2D eigenvalue weighted by Crippen LogP contribution is -2.39. The summed E-state index contributed by atoms with van der Waals surface area (Å²) in [7, 11) is 0. The predicted octanol–water partition coefficient (Wildman–Crippen LogP) is 3.01. The van der Waals surface area contributed by atoms with Crippen molar-refractivity contribution < 1.29 is 14.7 Å². The van der Waals surface area contributed by atoms with Crippen LogP contribution in [0.4, 0.5) is 5.82 Å². The van der Waals surface area contributed by atoms with Crippen LogP contribution >= 0.6 is 0 Å². The molecular weight excluding hydrogens is 270 g/mol. The van der Waals surface area contributed by atoms with Gasteiger partial charge in [-0.25, -0.2) is 9.98 Å². The number of hydrogen-bond acceptors (Lipinski definition) is 5. The summed E-state index contributed by atoms with van der Waals surface area (Å²) in [5.74, 6) is 0.377. The van der Waals surface area contributed by atoms with Crippen LogP contribution in [0.3, 0.4) is 0 Å². The van der Waals surface area contributed by atoms with Gasteiger partial charge in [-0.1, -0.05) is 19.9 Å². The standard InChI is InChI=1S/C13H19N3O3.C2H6/c1-9-5-6-11(14-7-9)15-12(16-18)13(3,4)8-19-10(2)17;1-2/h5-7,18H,8H2,1-4H3,(H,14,15,16);1-2H3. The highest BCUT2D eigenvalue weighted by molar-refractivity contribution is 5.88. The van der Waals surface area contributed by atoms with E-state index in [1.54, 1.807) is 26.1 Å². The Morgan fingerprint density at radius 2 is 2.05 bits per heavy atom. The van der Waals surface area contributed by atoms with E-state index in [1.165, 1.54) is 6.92 Å². The van der Waals surface area contributed by atoms with Crippen LogP contribution in [0.15, 0.2) is 23.3 Å². The molecule has 0 aliphatic rings. The molecule has 6 heteroatoms. The molecule has 0 amide bonds. The monoisotopic (exact) mass is 295 g/mol. The summed E-state index contributed by atoms with van der Waals surface area (Å²) in [5.41, 5.74) is 2.43. The largest absolute Gasteiger partial charge is 0.465 e. The van der Waals surface area contributed by atoms with E-state index in [4.69, 9.17) is 4.74 Å². The van der Waals surface area contributed by atoms with Gasteiger partial charge in [0.25, 0.3) is 0 Å². The molecule has 118 valence electrons. The summed E-state index contributed by atoms with van der Waals surface area (Å²) in [6.07, 6.45) is 1.69. The Bertz CT molecular complexity index is 468. The van der Waals surface area contributed by atoms with Crippen molar-refractivity contribution in [2.75, 3.05) is 6.61 Å². The number of aliphatic imine (C=N–C) groups is 1. The van der Waals surface area contributed by atoms with E-state index in [1.807, 2.05) is 32.3 Å². The fourth-order valence-electron chi connectivity index (χ4n) is 1.32. The van der Waals surface area contributed by atoms with Crippen molar-refractivity contribution in [3.8, 4) is 0 Å². The molecule has 0 aliphatic heterocycles. The van der Waals surface area contributed by atoms with Crippen LogP contribution in [0.2, 0.25) is 0 Å². The van der Waals surface area contributed by atoms with E-state index in [9.17, 15) is 10.0 Å². The molecule has 1 aromatic rings. The number of pyridine rings is 1. The van der Waals surface area contributed by atoms with Gasteiger partial charge in [0.2, 0.25) is 0 Å². The topological polar surface area (TPSA) is 83.8 Å². The van der Waals surface area contributed by atoms with Gasteiger partial charge in [-0.2, -0.15) is 0 Å². The molecule has 0 atom stereocenters. The molecule has 21 heavy (non-hydrogen) atoms. The number of nitrogens with one attached hydrogen (secondary N) is 1. The summed E-state index contributed by atoms with van der Waals surface area (Å²) in [6.45, 7) is 11.0. The number of nitrogens with zero attached hydrogens (tertiary/aromatic N) is 2. The molecule has 0 fully saturated rings. The molecule has 0 saturated heterocycles. The highest BCUT2D eigenvalue weighted by atomic mass is 16.5. The number of aryl methyl sites for hydroxylation is 1. The van der Waals surface area contributed by atoms with Crippen molar-refractivity contribution in [2.45, 2.75) is 41.5 Å². The van der Waals surface area contributed by atoms with Crippen molar-refractivity contribution in [1.29, 1.82) is 0 Å². The molecule has 2 N–H and O–H groups in total. The second-order valence-electron chi connectivity index (χ2n) is 4.93. The van der Waals surface area contributed by atoms with E-state index in [-0.39, 0.29) is 18.4 Å². The van der Waals surface area contributed by atoms with Gasteiger partial charge in [-0.3, -0.25) is 15.5 Å². The first kappa shape index (κ1) is 19.1. The summed E-state index contributed by atoms with van der Waals surface area (Å²) < 4.78 is 4.96. The summed E-state index contributed by atoms with van der Waals surface area (Å²) >= 11 is 0. The third-order valence-corrected chi connectivity index (χ3v) is 2.51. The minimum absolute atomic E-state index is 0.112. The SMILES string of the molecule is CC.CC(=O)OCC(C)(C)C(=Nc1ccc(C)cn1)NO. The normalized spacial score (nSPS) is 11.3. The lowest BCUT2D eigenvalue weighted by molar-refractivity contribution is -0.142. The zero-order chi connectivity index (χ0) is 16.5. The van der Waals surface area contributed by atoms with Gasteiger partial charge in [-0.15, -0.1) is 0 Å². The second-order valence-corrected chi connectivity index (χ2v) is 4.93. The van der Waals surface area contributed by atoms with Gasteiger partial charge in [-0.05, 0) is 32.4 Å². The van der Waals surface area contributed by atoms with Crippen LogP contribution in [0, 0.1) is 12.3 Å². The van der Waals surface area contributed by atoms with Gasteiger partial charge in [0.15, 0.2) is 5.82 Å².